The molecule has 1 unspecified atom stereocenters. The van der Waals surface area contributed by atoms with Gasteiger partial charge in [0.1, 0.15) is 11.6 Å². The van der Waals surface area contributed by atoms with Crippen molar-refractivity contribution in [2.75, 3.05) is 26.7 Å². The summed E-state index contributed by atoms with van der Waals surface area (Å²) >= 11 is 1.70. The van der Waals surface area contributed by atoms with Gasteiger partial charge in [-0.05, 0) is 40.3 Å². The van der Waals surface area contributed by atoms with Crippen molar-refractivity contribution in [1.29, 1.82) is 0 Å². The number of rotatable bonds is 11. The van der Waals surface area contributed by atoms with E-state index in [1.165, 1.54) is 13.8 Å². The number of nitrogens with one attached hydrogen (secondary N) is 1. The molecule has 0 saturated heterocycles. The van der Waals surface area contributed by atoms with Gasteiger partial charge in [0.2, 0.25) is 3.79 Å². The number of hydrogen-bond acceptors (Lipinski definition) is 5. The van der Waals surface area contributed by atoms with Crippen molar-refractivity contribution in [1.82, 2.24) is 10.2 Å². The monoisotopic (exact) mass is 382 g/mol. The smallest absolute Gasteiger partial charge is 0.206 e. The van der Waals surface area contributed by atoms with Crippen LogP contribution in [0.4, 0.5) is 0 Å². The van der Waals surface area contributed by atoms with Gasteiger partial charge in [0, 0.05) is 22.6 Å². The van der Waals surface area contributed by atoms with Crippen molar-refractivity contribution in [3.63, 3.8) is 0 Å². The summed E-state index contributed by atoms with van der Waals surface area (Å²) in [4.78, 5) is 35.9. The maximum Gasteiger partial charge on any atom is 0.206 e. The Balaban J connectivity index is 4.59. The summed E-state index contributed by atoms with van der Waals surface area (Å²) in [5, 5.41) is 3.06. The number of carbonyl (C=O) groups excluding carboxylic acids is 3. The van der Waals surface area contributed by atoms with Crippen molar-refractivity contribution in [3.05, 3.63) is 0 Å². The van der Waals surface area contributed by atoms with Gasteiger partial charge in [-0.3, -0.25) is 19.3 Å². The fraction of sp³-hybridized carbons (Fsp3) is 0.769. The Morgan fingerprint density at radius 2 is 1.79 bits per heavy atom. The number of ketones is 2. The van der Waals surface area contributed by atoms with Crippen molar-refractivity contribution in [2.24, 2.45) is 0 Å². The van der Waals surface area contributed by atoms with Gasteiger partial charge < -0.3 is 5.32 Å². The van der Waals surface area contributed by atoms with Crippen molar-refractivity contribution < 1.29 is 14.4 Å². The molecule has 0 aliphatic heterocycles. The van der Waals surface area contributed by atoms with Crippen LogP contribution in [0, 0.1) is 0 Å². The van der Waals surface area contributed by atoms with Gasteiger partial charge in [0.05, 0.1) is 19.1 Å². The average molecular weight is 382 g/mol. The molecular formula is C13H23IN2O3. The van der Waals surface area contributed by atoms with Crippen LogP contribution in [0.1, 0.15) is 33.1 Å². The molecule has 0 aliphatic carbocycles. The minimum atomic E-state index is -0.334. The van der Waals surface area contributed by atoms with Crippen molar-refractivity contribution >= 4 is 37.9 Å². The third kappa shape index (κ3) is 9.23. The van der Waals surface area contributed by atoms with Crippen molar-refractivity contribution in [2.45, 2.75) is 39.2 Å². The number of hydrogen-bond donors (Lipinski definition) is 1. The first-order valence-electron chi connectivity index (χ1n) is 6.45. The predicted octanol–water partition coefficient (Wildman–Crippen LogP) is 1.19. The molecule has 19 heavy (non-hydrogen) atoms. The highest BCUT2D eigenvalue weighted by molar-refractivity contribution is 14.1. The number of Topliss-reactive ketones (excluding diaryl/α,β-unsaturated/α-hetero) is 2. The van der Waals surface area contributed by atoms with Gasteiger partial charge in [0.15, 0.2) is 0 Å². The largest absolute Gasteiger partial charge is 0.320 e. The lowest BCUT2D eigenvalue weighted by molar-refractivity contribution is -0.125. The van der Waals surface area contributed by atoms with E-state index in [0.29, 0.717) is 6.42 Å². The third-order valence-corrected chi connectivity index (χ3v) is 3.16. The fourth-order valence-corrected chi connectivity index (χ4v) is 2.44. The topological polar surface area (TPSA) is 66.5 Å². The SMILES string of the molecule is CNCCCCC(C(C)=O)N(CC(C)=O)CC(=O)I. The molecule has 0 bridgehead atoms. The van der Waals surface area contributed by atoms with Crippen LogP contribution in [-0.4, -0.2) is 53.0 Å². The van der Waals surface area contributed by atoms with Gasteiger partial charge in [-0.15, -0.1) is 0 Å². The lowest BCUT2D eigenvalue weighted by Gasteiger charge is -2.27. The molecule has 0 rings (SSSR count). The van der Waals surface area contributed by atoms with Gasteiger partial charge in [-0.2, -0.15) is 0 Å². The molecule has 0 radical (unpaired) electrons. The highest BCUT2D eigenvalue weighted by Gasteiger charge is 2.24. The Morgan fingerprint density at radius 1 is 1.16 bits per heavy atom. The first-order chi connectivity index (χ1) is 8.88. The Hall–Kier alpha value is -0.340. The summed E-state index contributed by atoms with van der Waals surface area (Å²) in [6, 6.07) is -0.334. The Kier molecular flexibility index (Phi) is 10.3. The molecule has 0 amide bonds. The third-order valence-electron chi connectivity index (χ3n) is 2.82. The minimum Gasteiger partial charge on any atom is -0.320 e. The lowest BCUT2D eigenvalue weighted by atomic mass is 10.0. The molecule has 0 aliphatic rings. The molecule has 0 aromatic rings. The van der Waals surface area contributed by atoms with Crippen LogP contribution in [0.15, 0.2) is 0 Å². The van der Waals surface area contributed by atoms with Crippen LogP contribution in [-0.2, 0) is 14.4 Å². The maximum absolute atomic E-state index is 11.7. The zero-order chi connectivity index (χ0) is 14.8. The van der Waals surface area contributed by atoms with Crippen LogP contribution >= 0.6 is 22.6 Å². The van der Waals surface area contributed by atoms with Gasteiger partial charge in [-0.1, -0.05) is 6.42 Å². The molecule has 0 saturated carbocycles. The number of carbonyl (C=O) groups is 3. The Bertz CT molecular complexity index is 305. The second-order valence-electron chi connectivity index (χ2n) is 4.69. The molecule has 1 N–H and O–H groups in total. The molecular weight excluding hydrogens is 359 g/mol. The molecule has 110 valence electrons. The second kappa shape index (κ2) is 10.4. The molecule has 6 heteroatoms. The molecule has 0 aromatic heterocycles. The van der Waals surface area contributed by atoms with E-state index < -0.39 is 0 Å². The van der Waals surface area contributed by atoms with Crippen LogP contribution in [0.3, 0.4) is 0 Å². The summed E-state index contributed by atoms with van der Waals surface area (Å²) in [6.45, 7) is 4.21. The summed E-state index contributed by atoms with van der Waals surface area (Å²) in [6.07, 6.45) is 2.56. The maximum atomic E-state index is 11.7. The molecule has 0 fully saturated rings. The quantitative estimate of drug-likeness (QED) is 0.330. The standard InChI is InChI=1S/C13H23IN2O3/c1-10(17)8-16(9-13(14)19)12(11(2)18)6-4-5-7-15-3/h12,15H,4-9H2,1-3H3. The second-order valence-corrected chi connectivity index (χ2v) is 5.89. The Labute approximate surface area is 128 Å². The highest BCUT2D eigenvalue weighted by atomic mass is 127. The zero-order valence-corrected chi connectivity index (χ0v) is 14.0. The Morgan fingerprint density at radius 3 is 2.21 bits per heavy atom. The van der Waals surface area contributed by atoms with Crippen LogP contribution in [0.2, 0.25) is 0 Å². The van der Waals surface area contributed by atoms with Crippen LogP contribution in [0.25, 0.3) is 0 Å². The lowest BCUT2D eigenvalue weighted by Crippen LogP contribution is -2.44. The summed E-state index contributed by atoms with van der Waals surface area (Å²) < 4.78 is -0.0553. The number of unbranched alkanes of at least 4 members (excludes halogenated alkanes) is 1. The first-order valence-corrected chi connectivity index (χ1v) is 7.53. The van der Waals surface area contributed by atoms with Crippen LogP contribution in [0.5, 0.6) is 0 Å². The summed E-state index contributed by atoms with van der Waals surface area (Å²) in [5.41, 5.74) is 0. The van der Waals surface area contributed by atoms with Gasteiger partial charge in [0.25, 0.3) is 0 Å². The fourth-order valence-electron chi connectivity index (χ4n) is 2.00. The summed E-state index contributed by atoms with van der Waals surface area (Å²) in [5.74, 6) is -0.0116. The zero-order valence-electron chi connectivity index (χ0n) is 11.9. The van der Waals surface area contributed by atoms with E-state index in [2.05, 4.69) is 5.32 Å². The highest BCUT2D eigenvalue weighted by Crippen LogP contribution is 2.11. The molecule has 0 heterocycles. The normalized spacial score (nSPS) is 12.5. The number of nitrogens with zero attached hydrogens (tertiary/aromatic N) is 1. The van der Waals surface area contributed by atoms with Gasteiger partial charge in [-0.25, -0.2) is 0 Å². The van der Waals surface area contributed by atoms with E-state index in [0.717, 1.165) is 19.4 Å². The van der Waals surface area contributed by atoms with E-state index >= 15 is 0 Å². The van der Waals surface area contributed by atoms with E-state index in [1.807, 2.05) is 7.05 Å². The first kappa shape index (κ1) is 18.7. The van der Waals surface area contributed by atoms with E-state index in [4.69, 9.17) is 0 Å². The van der Waals surface area contributed by atoms with Gasteiger partial charge >= 0.3 is 0 Å². The van der Waals surface area contributed by atoms with E-state index in [9.17, 15) is 14.4 Å². The molecule has 5 nitrogen and oxygen atoms in total. The predicted molar refractivity (Wildman–Crippen MR) is 83.5 cm³/mol. The average Bonchev–Trinajstić information content (AvgIpc) is 2.26. The van der Waals surface area contributed by atoms with E-state index in [1.54, 1.807) is 27.5 Å². The summed E-state index contributed by atoms with van der Waals surface area (Å²) in [7, 11) is 1.89. The van der Waals surface area contributed by atoms with Crippen molar-refractivity contribution in [3.8, 4) is 0 Å². The molecule has 1 atom stereocenters. The minimum absolute atomic E-state index is 0.0170. The molecule has 0 aromatic carbocycles. The number of halogens is 1. The van der Waals surface area contributed by atoms with Crippen LogP contribution < -0.4 is 5.32 Å². The molecule has 0 spiro atoms. The van der Waals surface area contributed by atoms with E-state index in [-0.39, 0.29) is 34.5 Å².